The second-order valence-electron chi connectivity index (χ2n) is 9.61. The highest BCUT2D eigenvalue weighted by atomic mass is 32.3. The molecule has 2 aromatic carbocycles. The van der Waals surface area contributed by atoms with Crippen molar-refractivity contribution in [1.82, 2.24) is 9.29 Å². The summed E-state index contributed by atoms with van der Waals surface area (Å²) in [5.41, 5.74) is 4.03. The molecule has 0 aliphatic heterocycles. The van der Waals surface area contributed by atoms with Crippen molar-refractivity contribution in [3.8, 4) is 11.1 Å². The highest BCUT2D eigenvalue weighted by Gasteiger charge is 2.30. The highest BCUT2D eigenvalue weighted by Crippen LogP contribution is 2.55. The summed E-state index contributed by atoms with van der Waals surface area (Å²) in [7, 11) is 0.399. The van der Waals surface area contributed by atoms with E-state index < -0.39 is 16.2 Å². The van der Waals surface area contributed by atoms with Gasteiger partial charge in [-0.1, -0.05) is 32.9 Å². The van der Waals surface area contributed by atoms with Crippen LogP contribution in [-0.4, -0.2) is 46.8 Å². The minimum atomic E-state index is -1.15. The van der Waals surface area contributed by atoms with Gasteiger partial charge in [-0.3, -0.25) is 4.79 Å². The summed E-state index contributed by atoms with van der Waals surface area (Å²) in [6.07, 6.45) is 8.48. The molecule has 0 atom stereocenters. The van der Waals surface area contributed by atoms with Crippen LogP contribution in [0.5, 0.6) is 0 Å². The molecule has 0 bridgehead atoms. The topological polar surface area (TPSA) is 73.5 Å². The molecule has 0 aliphatic rings. The number of furan rings is 1. The number of fused-ring (bicyclic) bond motifs is 2. The van der Waals surface area contributed by atoms with E-state index in [1.54, 1.807) is 26.3 Å². The molecule has 0 aliphatic carbocycles. The van der Waals surface area contributed by atoms with Crippen molar-refractivity contribution in [2.45, 2.75) is 32.4 Å². The van der Waals surface area contributed by atoms with Crippen molar-refractivity contribution in [1.29, 1.82) is 0 Å². The van der Waals surface area contributed by atoms with Gasteiger partial charge in [0.25, 0.3) is 5.91 Å². The van der Waals surface area contributed by atoms with E-state index in [2.05, 4.69) is 60.9 Å². The second-order valence-corrected chi connectivity index (χ2v) is 13.8. The van der Waals surface area contributed by atoms with Crippen LogP contribution in [0.15, 0.2) is 53.3 Å². The van der Waals surface area contributed by atoms with Gasteiger partial charge >= 0.3 is 5.97 Å². The first-order valence-corrected chi connectivity index (χ1v) is 13.7. The molecule has 2 aromatic heterocycles. The minimum Gasteiger partial charge on any atom is -0.463 e. The van der Waals surface area contributed by atoms with Crippen LogP contribution in [0.2, 0.25) is 0 Å². The first-order chi connectivity index (χ1) is 16.0. The number of ether oxygens (including phenoxy) is 1. The number of carbonyl (C=O) groups is 2. The maximum atomic E-state index is 12.6. The molecular formula is C27H32N2O4S. The highest BCUT2D eigenvalue weighted by molar-refractivity contribution is 8.32. The van der Waals surface area contributed by atoms with Gasteiger partial charge in [-0.15, -0.1) is 0 Å². The Hall–Kier alpha value is -3.19. The first kappa shape index (κ1) is 24.0. The van der Waals surface area contributed by atoms with E-state index in [0.29, 0.717) is 22.1 Å². The van der Waals surface area contributed by atoms with Crippen LogP contribution in [-0.2, 0) is 4.74 Å². The first-order valence-electron chi connectivity index (χ1n) is 11.3. The van der Waals surface area contributed by atoms with Gasteiger partial charge in [0.2, 0.25) is 0 Å². The Bertz CT molecular complexity index is 1410. The second kappa shape index (κ2) is 8.55. The number of nitrogens with one attached hydrogen (secondary N) is 1. The van der Waals surface area contributed by atoms with E-state index in [4.69, 9.17) is 9.15 Å². The number of rotatable bonds is 5. The largest absolute Gasteiger partial charge is 0.463 e. The minimum absolute atomic E-state index is 0.119. The quantitative estimate of drug-likeness (QED) is 0.344. The van der Waals surface area contributed by atoms with E-state index in [1.165, 1.54) is 6.07 Å². The molecule has 1 N–H and O–H groups in total. The SMILES string of the molecule is CCOC(=O)c1cc(C(=O)NC)c2occ(-c3cccc4c3ccn4S(C)(C)C(C)(C)C)c2c1. The summed E-state index contributed by atoms with van der Waals surface area (Å²) in [6.45, 7) is 8.84. The Kier molecular flexibility index (Phi) is 6.02. The van der Waals surface area contributed by atoms with Crippen molar-refractivity contribution >= 4 is 44.0 Å². The van der Waals surface area contributed by atoms with Crippen molar-refractivity contribution in [3.63, 3.8) is 0 Å². The summed E-state index contributed by atoms with van der Waals surface area (Å²) in [4.78, 5) is 25.2. The Morgan fingerprint density at radius 1 is 1.09 bits per heavy atom. The number of esters is 1. The molecular weight excluding hydrogens is 448 g/mol. The Morgan fingerprint density at radius 3 is 2.47 bits per heavy atom. The van der Waals surface area contributed by atoms with Crippen LogP contribution in [0.4, 0.5) is 0 Å². The third-order valence-corrected chi connectivity index (χ3v) is 10.9. The fourth-order valence-corrected chi connectivity index (χ4v) is 5.66. The number of amides is 1. The van der Waals surface area contributed by atoms with Crippen LogP contribution >= 0.6 is 10.2 Å². The summed E-state index contributed by atoms with van der Waals surface area (Å²) in [5.74, 6) is -0.793. The Balaban J connectivity index is 1.98. The van der Waals surface area contributed by atoms with E-state index in [9.17, 15) is 9.59 Å². The predicted molar refractivity (Wildman–Crippen MR) is 141 cm³/mol. The molecule has 0 spiro atoms. The molecule has 0 radical (unpaired) electrons. The normalized spacial score (nSPS) is 12.8. The lowest BCUT2D eigenvalue weighted by atomic mass is 9.98. The van der Waals surface area contributed by atoms with Gasteiger partial charge in [-0.05, 0) is 49.3 Å². The predicted octanol–water partition coefficient (Wildman–Crippen LogP) is 6.22. The maximum absolute atomic E-state index is 12.6. The molecule has 0 unspecified atom stereocenters. The van der Waals surface area contributed by atoms with Crippen LogP contribution in [0.3, 0.4) is 0 Å². The van der Waals surface area contributed by atoms with Crippen LogP contribution in [0.1, 0.15) is 48.4 Å². The van der Waals surface area contributed by atoms with Gasteiger partial charge < -0.3 is 18.4 Å². The van der Waals surface area contributed by atoms with Crippen LogP contribution in [0, 0.1) is 0 Å². The molecule has 34 heavy (non-hydrogen) atoms. The van der Waals surface area contributed by atoms with E-state index in [0.717, 1.165) is 22.0 Å². The van der Waals surface area contributed by atoms with Gasteiger partial charge in [0, 0.05) is 34.3 Å². The van der Waals surface area contributed by atoms with Gasteiger partial charge in [0.15, 0.2) is 0 Å². The van der Waals surface area contributed by atoms with Crippen molar-refractivity contribution in [2.24, 2.45) is 0 Å². The van der Waals surface area contributed by atoms with E-state index in [-0.39, 0.29) is 17.3 Å². The molecule has 1 amide bonds. The molecule has 0 saturated heterocycles. The number of hydrogen-bond donors (Lipinski definition) is 1. The zero-order valence-corrected chi connectivity index (χ0v) is 21.6. The molecule has 7 heteroatoms. The fourth-order valence-electron chi connectivity index (χ4n) is 4.05. The number of hydrogen-bond acceptors (Lipinski definition) is 4. The third kappa shape index (κ3) is 3.78. The molecule has 2 heterocycles. The Morgan fingerprint density at radius 2 is 1.82 bits per heavy atom. The molecule has 0 saturated carbocycles. The summed E-state index contributed by atoms with van der Waals surface area (Å²) in [6, 6.07) is 11.6. The van der Waals surface area contributed by atoms with Gasteiger partial charge in [-0.25, -0.2) is 4.79 Å². The molecule has 4 rings (SSSR count). The van der Waals surface area contributed by atoms with Crippen LogP contribution < -0.4 is 5.32 Å². The van der Waals surface area contributed by atoms with E-state index >= 15 is 0 Å². The summed E-state index contributed by atoms with van der Waals surface area (Å²) < 4.78 is 13.6. The van der Waals surface area contributed by atoms with Gasteiger partial charge in [0.1, 0.15) is 5.58 Å². The van der Waals surface area contributed by atoms with Crippen LogP contribution in [0.25, 0.3) is 33.0 Å². The van der Waals surface area contributed by atoms with Gasteiger partial charge in [0.05, 0.1) is 29.5 Å². The molecule has 0 fully saturated rings. The molecule has 4 aromatic rings. The smallest absolute Gasteiger partial charge is 0.338 e. The number of carbonyl (C=O) groups excluding carboxylic acids is 2. The Labute approximate surface area is 201 Å². The standard InChI is InChI=1S/C27H32N2O4S/c1-8-32-26(31)17-14-20-22(16-33-24(20)21(15-17)25(30)28-5)18-10-9-11-23-19(18)12-13-29(23)34(6,7)27(2,3)4/h9-16H,8H2,1-7H3,(H,28,30). The van der Waals surface area contributed by atoms with Crippen molar-refractivity contribution in [3.05, 3.63) is 60.0 Å². The number of aromatic nitrogens is 1. The summed E-state index contributed by atoms with van der Waals surface area (Å²) in [5, 5.41) is 4.43. The maximum Gasteiger partial charge on any atom is 0.338 e. The number of nitrogens with zero attached hydrogens (tertiary/aromatic N) is 1. The average Bonchev–Trinajstić information content (AvgIpc) is 3.41. The van der Waals surface area contributed by atoms with Gasteiger partial charge in [-0.2, -0.15) is 10.2 Å². The fraction of sp³-hybridized carbons (Fsp3) is 0.333. The average molecular weight is 481 g/mol. The summed E-state index contributed by atoms with van der Waals surface area (Å²) >= 11 is 0. The molecule has 6 nitrogen and oxygen atoms in total. The van der Waals surface area contributed by atoms with Crippen molar-refractivity contribution < 1.29 is 18.7 Å². The van der Waals surface area contributed by atoms with Crippen molar-refractivity contribution in [2.75, 3.05) is 26.2 Å². The third-order valence-electron chi connectivity index (χ3n) is 6.63. The molecule has 180 valence electrons. The van der Waals surface area contributed by atoms with E-state index in [1.807, 2.05) is 12.1 Å². The lowest BCUT2D eigenvalue weighted by Gasteiger charge is -2.46. The monoisotopic (exact) mass is 480 g/mol. The zero-order chi connectivity index (χ0) is 24.8. The number of benzene rings is 2. The lowest BCUT2D eigenvalue weighted by Crippen LogP contribution is -2.27. The zero-order valence-electron chi connectivity index (χ0n) is 20.8. The lowest BCUT2D eigenvalue weighted by molar-refractivity contribution is 0.0526.